The summed E-state index contributed by atoms with van der Waals surface area (Å²) < 4.78 is 10.7. The van der Waals surface area contributed by atoms with Crippen LogP contribution < -0.4 is 10.5 Å². The Morgan fingerprint density at radius 1 is 1.11 bits per heavy atom. The molecule has 1 aliphatic rings. The molecule has 0 unspecified atom stereocenters. The quantitative estimate of drug-likeness (QED) is 0.504. The SMILES string of the molecule is Nc1ccc(OCCOC(=O)C2CCCCC2)cc1. The van der Waals surface area contributed by atoms with Gasteiger partial charge in [0.2, 0.25) is 0 Å². The number of carbonyl (C=O) groups excluding carboxylic acids is 1. The van der Waals surface area contributed by atoms with E-state index in [9.17, 15) is 4.79 Å². The number of nitrogens with two attached hydrogens (primary N) is 1. The zero-order chi connectivity index (χ0) is 13.5. The van der Waals surface area contributed by atoms with Gasteiger partial charge in [0.1, 0.15) is 19.0 Å². The lowest BCUT2D eigenvalue weighted by molar-refractivity contribution is -0.150. The van der Waals surface area contributed by atoms with Crippen molar-refractivity contribution in [3.63, 3.8) is 0 Å². The molecule has 0 amide bonds. The number of benzene rings is 1. The van der Waals surface area contributed by atoms with Gasteiger partial charge >= 0.3 is 5.97 Å². The van der Waals surface area contributed by atoms with Crippen molar-refractivity contribution in [3.8, 4) is 5.75 Å². The maximum atomic E-state index is 11.8. The molecule has 1 aromatic rings. The Balaban J connectivity index is 1.63. The van der Waals surface area contributed by atoms with E-state index in [-0.39, 0.29) is 11.9 Å². The maximum Gasteiger partial charge on any atom is 0.309 e. The van der Waals surface area contributed by atoms with E-state index < -0.39 is 0 Å². The van der Waals surface area contributed by atoms with Crippen LogP contribution in [0.4, 0.5) is 5.69 Å². The monoisotopic (exact) mass is 263 g/mol. The second-order valence-corrected chi connectivity index (χ2v) is 4.92. The largest absolute Gasteiger partial charge is 0.490 e. The van der Waals surface area contributed by atoms with Gasteiger partial charge in [-0.25, -0.2) is 0 Å². The van der Waals surface area contributed by atoms with E-state index in [0.717, 1.165) is 31.4 Å². The third-order valence-corrected chi connectivity index (χ3v) is 3.41. The number of rotatable bonds is 5. The average molecular weight is 263 g/mol. The van der Waals surface area contributed by atoms with E-state index in [2.05, 4.69) is 0 Å². The van der Waals surface area contributed by atoms with Crippen molar-refractivity contribution in [2.45, 2.75) is 32.1 Å². The number of ether oxygens (including phenoxy) is 2. The van der Waals surface area contributed by atoms with Gasteiger partial charge in [-0.2, -0.15) is 0 Å². The summed E-state index contributed by atoms with van der Waals surface area (Å²) in [5.74, 6) is 0.772. The first-order valence-corrected chi connectivity index (χ1v) is 6.90. The summed E-state index contributed by atoms with van der Waals surface area (Å²) in [5, 5.41) is 0. The van der Waals surface area contributed by atoms with E-state index >= 15 is 0 Å². The molecule has 2 N–H and O–H groups in total. The summed E-state index contributed by atoms with van der Waals surface area (Å²) in [6.07, 6.45) is 5.46. The van der Waals surface area contributed by atoms with Crippen molar-refractivity contribution in [1.82, 2.24) is 0 Å². The molecular weight excluding hydrogens is 242 g/mol. The minimum Gasteiger partial charge on any atom is -0.490 e. The molecule has 0 aromatic heterocycles. The van der Waals surface area contributed by atoms with Gasteiger partial charge in [0.25, 0.3) is 0 Å². The number of anilines is 1. The van der Waals surface area contributed by atoms with Gasteiger partial charge in [0.05, 0.1) is 5.92 Å². The highest BCUT2D eigenvalue weighted by Gasteiger charge is 2.22. The normalized spacial score (nSPS) is 16.0. The summed E-state index contributed by atoms with van der Waals surface area (Å²) >= 11 is 0. The second-order valence-electron chi connectivity index (χ2n) is 4.92. The molecule has 0 heterocycles. The molecule has 1 fully saturated rings. The van der Waals surface area contributed by atoms with Crippen LogP contribution in [0.2, 0.25) is 0 Å². The number of hydrogen-bond acceptors (Lipinski definition) is 4. The lowest BCUT2D eigenvalue weighted by atomic mass is 9.89. The van der Waals surface area contributed by atoms with Crippen LogP contribution in [0.5, 0.6) is 5.75 Å². The molecular formula is C15H21NO3. The Labute approximate surface area is 113 Å². The van der Waals surface area contributed by atoms with Crippen molar-refractivity contribution in [2.75, 3.05) is 18.9 Å². The number of carbonyl (C=O) groups is 1. The molecule has 0 spiro atoms. The highest BCUT2D eigenvalue weighted by molar-refractivity contribution is 5.72. The molecule has 104 valence electrons. The Kier molecular flexibility index (Phi) is 5.07. The summed E-state index contributed by atoms with van der Waals surface area (Å²) in [5.41, 5.74) is 6.28. The zero-order valence-corrected chi connectivity index (χ0v) is 11.1. The van der Waals surface area contributed by atoms with Gasteiger partial charge in [-0.05, 0) is 37.1 Å². The molecule has 0 atom stereocenters. The minimum atomic E-state index is -0.0689. The average Bonchev–Trinajstić information content (AvgIpc) is 2.46. The molecule has 1 aromatic carbocycles. The van der Waals surface area contributed by atoms with Crippen LogP contribution in [0.1, 0.15) is 32.1 Å². The highest BCUT2D eigenvalue weighted by atomic mass is 16.6. The van der Waals surface area contributed by atoms with Crippen LogP contribution in [0.15, 0.2) is 24.3 Å². The smallest absolute Gasteiger partial charge is 0.309 e. The molecule has 0 bridgehead atoms. The van der Waals surface area contributed by atoms with E-state index in [1.54, 1.807) is 24.3 Å². The van der Waals surface area contributed by atoms with Crippen molar-refractivity contribution in [1.29, 1.82) is 0 Å². The van der Waals surface area contributed by atoms with Gasteiger partial charge in [-0.15, -0.1) is 0 Å². The Bertz CT molecular complexity index is 396. The van der Waals surface area contributed by atoms with E-state index in [4.69, 9.17) is 15.2 Å². The fourth-order valence-electron chi connectivity index (χ4n) is 2.32. The van der Waals surface area contributed by atoms with Crippen LogP contribution in [0.25, 0.3) is 0 Å². The van der Waals surface area contributed by atoms with E-state index in [1.807, 2.05) is 0 Å². The van der Waals surface area contributed by atoms with Crippen molar-refractivity contribution < 1.29 is 14.3 Å². The number of esters is 1. The molecule has 2 rings (SSSR count). The van der Waals surface area contributed by atoms with Crippen LogP contribution in [-0.4, -0.2) is 19.2 Å². The van der Waals surface area contributed by atoms with Crippen LogP contribution in [-0.2, 0) is 9.53 Å². The third kappa shape index (κ3) is 4.47. The maximum absolute atomic E-state index is 11.8. The first kappa shape index (κ1) is 13.7. The molecule has 19 heavy (non-hydrogen) atoms. The third-order valence-electron chi connectivity index (χ3n) is 3.41. The highest BCUT2D eigenvalue weighted by Crippen LogP contribution is 2.24. The van der Waals surface area contributed by atoms with Crippen molar-refractivity contribution in [3.05, 3.63) is 24.3 Å². The van der Waals surface area contributed by atoms with Gasteiger partial charge in [0, 0.05) is 5.69 Å². The lowest BCUT2D eigenvalue weighted by Gasteiger charge is -2.19. The van der Waals surface area contributed by atoms with Gasteiger partial charge in [0.15, 0.2) is 0 Å². The Hall–Kier alpha value is -1.71. The molecule has 1 aliphatic carbocycles. The predicted molar refractivity (Wildman–Crippen MR) is 73.9 cm³/mol. The first-order chi connectivity index (χ1) is 9.25. The summed E-state index contributed by atoms with van der Waals surface area (Å²) in [7, 11) is 0. The van der Waals surface area contributed by atoms with E-state index in [0.29, 0.717) is 18.9 Å². The molecule has 4 nitrogen and oxygen atoms in total. The standard InChI is InChI=1S/C15H21NO3/c16-13-6-8-14(9-7-13)18-10-11-19-15(17)12-4-2-1-3-5-12/h6-9,12H,1-5,10-11,16H2. The van der Waals surface area contributed by atoms with Gasteiger partial charge < -0.3 is 15.2 Å². The van der Waals surface area contributed by atoms with Crippen LogP contribution in [0, 0.1) is 5.92 Å². The van der Waals surface area contributed by atoms with E-state index in [1.165, 1.54) is 6.42 Å². The van der Waals surface area contributed by atoms with Gasteiger partial charge in [-0.3, -0.25) is 4.79 Å². The predicted octanol–water partition coefficient (Wildman–Crippen LogP) is 2.77. The number of nitrogen functional groups attached to an aromatic ring is 1. The fourth-order valence-corrected chi connectivity index (χ4v) is 2.32. The number of hydrogen-bond donors (Lipinski definition) is 1. The summed E-state index contributed by atoms with van der Waals surface area (Å²) in [6.45, 7) is 0.683. The van der Waals surface area contributed by atoms with Gasteiger partial charge in [-0.1, -0.05) is 19.3 Å². The molecule has 0 aliphatic heterocycles. The topological polar surface area (TPSA) is 61.6 Å². The Morgan fingerprint density at radius 3 is 2.47 bits per heavy atom. The minimum absolute atomic E-state index is 0.0689. The summed E-state index contributed by atoms with van der Waals surface area (Å²) in [6, 6.07) is 7.17. The van der Waals surface area contributed by atoms with Crippen molar-refractivity contribution >= 4 is 11.7 Å². The van der Waals surface area contributed by atoms with Crippen LogP contribution in [0.3, 0.4) is 0 Å². The second kappa shape index (κ2) is 7.02. The molecule has 0 saturated heterocycles. The zero-order valence-electron chi connectivity index (χ0n) is 11.1. The molecule has 0 radical (unpaired) electrons. The fraction of sp³-hybridized carbons (Fsp3) is 0.533. The lowest BCUT2D eigenvalue weighted by Crippen LogP contribution is -2.22. The summed E-state index contributed by atoms with van der Waals surface area (Å²) in [4.78, 5) is 11.8. The van der Waals surface area contributed by atoms with Crippen molar-refractivity contribution in [2.24, 2.45) is 5.92 Å². The molecule has 1 saturated carbocycles. The first-order valence-electron chi connectivity index (χ1n) is 6.90. The Morgan fingerprint density at radius 2 is 1.79 bits per heavy atom. The molecule has 4 heteroatoms. The van der Waals surface area contributed by atoms with Crippen LogP contribution >= 0.6 is 0 Å².